The fourth-order valence-electron chi connectivity index (χ4n) is 3.40. The van der Waals surface area contributed by atoms with Crippen LogP contribution in [0, 0.1) is 0 Å². The van der Waals surface area contributed by atoms with Gasteiger partial charge in [-0.1, -0.05) is 12.1 Å². The molecule has 0 bridgehead atoms. The van der Waals surface area contributed by atoms with E-state index >= 15 is 0 Å². The predicted octanol–water partition coefficient (Wildman–Crippen LogP) is 2.13. The minimum Gasteiger partial charge on any atom is -0.497 e. The third-order valence-electron chi connectivity index (χ3n) is 4.80. The van der Waals surface area contributed by atoms with Gasteiger partial charge in [0.25, 0.3) is 0 Å². The largest absolute Gasteiger partial charge is 0.497 e. The lowest BCUT2D eigenvalue weighted by Gasteiger charge is -2.33. The van der Waals surface area contributed by atoms with Crippen molar-refractivity contribution >= 4 is 5.91 Å². The summed E-state index contributed by atoms with van der Waals surface area (Å²) in [4.78, 5) is 14.7. The summed E-state index contributed by atoms with van der Waals surface area (Å²) in [6.07, 6.45) is 3.09. The van der Waals surface area contributed by atoms with E-state index in [0.29, 0.717) is 32.5 Å². The lowest BCUT2D eigenvalue weighted by molar-refractivity contribution is -0.132. The van der Waals surface area contributed by atoms with Crippen molar-refractivity contribution in [1.29, 1.82) is 0 Å². The number of fused-ring (bicyclic) bond motifs is 1. The fraction of sp³-hybridized carbons (Fsp3) is 0.474. The van der Waals surface area contributed by atoms with Crippen LogP contribution in [0.4, 0.5) is 0 Å². The third-order valence-corrected chi connectivity index (χ3v) is 4.80. The van der Waals surface area contributed by atoms with Gasteiger partial charge in [0, 0.05) is 38.6 Å². The maximum absolute atomic E-state index is 12.7. The second-order valence-corrected chi connectivity index (χ2v) is 6.45. The van der Waals surface area contributed by atoms with Crippen molar-refractivity contribution in [3.8, 4) is 5.75 Å². The van der Waals surface area contributed by atoms with Crippen molar-refractivity contribution in [2.75, 3.05) is 27.4 Å². The standard InChI is InChI=1S/C19H25N3O3/c1-21-18-12-22(11-15(13-24-2)17(18)10-20-21)19(23)8-7-14-5-4-6-16(9-14)25-3/h4-6,9-10,15H,7-8,11-13H2,1-3H3/t15-/m1/s1. The van der Waals surface area contributed by atoms with Crippen molar-refractivity contribution in [2.24, 2.45) is 7.05 Å². The SMILES string of the molecule is COC[C@H]1CN(C(=O)CCc2cccc(OC)c2)Cc2c1cnn2C. The van der Waals surface area contributed by atoms with Crippen molar-refractivity contribution in [3.05, 3.63) is 47.3 Å². The minimum absolute atomic E-state index is 0.163. The number of ether oxygens (including phenoxy) is 2. The van der Waals surface area contributed by atoms with Gasteiger partial charge in [-0.3, -0.25) is 9.48 Å². The van der Waals surface area contributed by atoms with Crippen molar-refractivity contribution in [1.82, 2.24) is 14.7 Å². The molecule has 0 N–H and O–H groups in total. The number of aryl methyl sites for hydroxylation is 2. The number of methoxy groups -OCH3 is 2. The molecule has 0 aliphatic carbocycles. The molecule has 0 saturated heterocycles. The average molecular weight is 343 g/mol. The fourth-order valence-corrected chi connectivity index (χ4v) is 3.40. The van der Waals surface area contributed by atoms with Gasteiger partial charge in [-0.2, -0.15) is 5.10 Å². The van der Waals surface area contributed by atoms with Crippen molar-refractivity contribution < 1.29 is 14.3 Å². The first-order valence-corrected chi connectivity index (χ1v) is 8.52. The third kappa shape index (κ3) is 3.85. The van der Waals surface area contributed by atoms with E-state index in [2.05, 4.69) is 5.10 Å². The van der Waals surface area contributed by atoms with Gasteiger partial charge in [-0.15, -0.1) is 0 Å². The van der Waals surface area contributed by atoms with Crippen molar-refractivity contribution in [3.63, 3.8) is 0 Å². The summed E-state index contributed by atoms with van der Waals surface area (Å²) in [6, 6.07) is 7.88. The zero-order chi connectivity index (χ0) is 17.8. The molecule has 3 rings (SSSR count). The summed E-state index contributed by atoms with van der Waals surface area (Å²) in [5, 5.41) is 4.35. The summed E-state index contributed by atoms with van der Waals surface area (Å²) in [5.41, 5.74) is 3.41. The maximum atomic E-state index is 12.7. The van der Waals surface area contributed by atoms with E-state index < -0.39 is 0 Å². The quantitative estimate of drug-likeness (QED) is 0.806. The molecule has 134 valence electrons. The number of carbonyl (C=O) groups excluding carboxylic acids is 1. The van der Waals surface area contributed by atoms with Gasteiger partial charge in [0.05, 0.1) is 32.2 Å². The number of hydrogen-bond acceptors (Lipinski definition) is 4. The van der Waals surface area contributed by atoms with Gasteiger partial charge >= 0.3 is 0 Å². The molecule has 2 heterocycles. The lowest BCUT2D eigenvalue weighted by Crippen LogP contribution is -2.40. The molecule has 2 aromatic rings. The molecule has 0 fully saturated rings. The molecule has 1 amide bonds. The van der Waals surface area contributed by atoms with Gasteiger partial charge in [0.1, 0.15) is 5.75 Å². The molecule has 1 atom stereocenters. The van der Waals surface area contributed by atoms with Crippen LogP contribution in [0.1, 0.15) is 29.2 Å². The van der Waals surface area contributed by atoms with Crippen LogP contribution >= 0.6 is 0 Å². The molecule has 1 aromatic heterocycles. The van der Waals surface area contributed by atoms with Crippen molar-refractivity contribution in [2.45, 2.75) is 25.3 Å². The van der Waals surface area contributed by atoms with Gasteiger partial charge in [-0.25, -0.2) is 0 Å². The lowest BCUT2D eigenvalue weighted by atomic mass is 9.95. The highest BCUT2D eigenvalue weighted by Crippen LogP contribution is 2.28. The summed E-state index contributed by atoms with van der Waals surface area (Å²) in [5.74, 6) is 1.17. The van der Waals surface area contributed by atoms with Gasteiger partial charge in [-0.05, 0) is 24.1 Å². The van der Waals surface area contributed by atoms with Gasteiger partial charge in [0.2, 0.25) is 5.91 Å². The maximum Gasteiger partial charge on any atom is 0.223 e. The topological polar surface area (TPSA) is 56.6 Å². The van der Waals surface area contributed by atoms with Crippen LogP contribution in [0.15, 0.2) is 30.5 Å². The first-order chi connectivity index (χ1) is 12.1. The molecule has 0 unspecified atom stereocenters. The van der Waals surface area contributed by atoms with Crippen LogP contribution in [-0.2, 0) is 29.5 Å². The Labute approximate surface area is 148 Å². The first-order valence-electron chi connectivity index (χ1n) is 8.52. The van der Waals surface area contributed by atoms with E-state index in [0.717, 1.165) is 17.0 Å². The first kappa shape index (κ1) is 17.5. The monoisotopic (exact) mass is 343 g/mol. The summed E-state index contributed by atoms with van der Waals surface area (Å²) >= 11 is 0. The van der Waals surface area contributed by atoms with E-state index in [-0.39, 0.29) is 11.8 Å². The zero-order valence-corrected chi connectivity index (χ0v) is 15.1. The number of hydrogen-bond donors (Lipinski definition) is 0. The molecule has 25 heavy (non-hydrogen) atoms. The Morgan fingerprint density at radius 2 is 2.20 bits per heavy atom. The predicted molar refractivity (Wildman–Crippen MR) is 94.6 cm³/mol. The van der Waals surface area contributed by atoms with E-state index in [9.17, 15) is 4.79 Å². The summed E-state index contributed by atoms with van der Waals surface area (Å²) in [6.45, 7) is 1.89. The number of carbonyl (C=O) groups is 1. The van der Waals surface area contributed by atoms with E-state index in [1.54, 1.807) is 14.2 Å². The van der Waals surface area contributed by atoms with Crippen LogP contribution in [-0.4, -0.2) is 48.0 Å². The normalized spacial score (nSPS) is 16.6. The van der Waals surface area contributed by atoms with Crippen LogP contribution in [0.2, 0.25) is 0 Å². The van der Waals surface area contributed by atoms with Crippen LogP contribution in [0.5, 0.6) is 5.75 Å². The second-order valence-electron chi connectivity index (χ2n) is 6.45. The Hall–Kier alpha value is -2.34. The highest BCUT2D eigenvalue weighted by molar-refractivity contribution is 5.77. The molecular formula is C19H25N3O3. The number of aromatic nitrogens is 2. The number of nitrogens with zero attached hydrogens (tertiary/aromatic N) is 3. The molecule has 1 aliphatic heterocycles. The molecule has 6 nitrogen and oxygen atoms in total. The second kappa shape index (κ2) is 7.70. The highest BCUT2D eigenvalue weighted by Gasteiger charge is 2.30. The Balaban J connectivity index is 1.67. The summed E-state index contributed by atoms with van der Waals surface area (Å²) in [7, 11) is 5.27. The smallest absolute Gasteiger partial charge is 0.223 e. The zero-order valence-electron chi connectivity index (χ0n) is 15.1. The molecule has 0 spiro atoms. The van der Waals surface area contributed by atoms with E-state index in [4.69, 9.17) is 9.47 Å². The summed E-state index contributed by atoms with van der Waals surface area (Å²) < 4.78 is 12.4. The molecule has 1 aliphatic rings. The number of amides is 1. The Morgan fingerprint density at radius 1 is 1.36 bits per heavy atom. The molecule has 1 aromatic carbocycles. The van der Waals surface area contributed by atoms with Crippen LogP contribution < -0.4 is 4.74 Å². The average Bonchev–Trinajstić information content (AvgIpc) is 3.01. The Morgan fingerprint density at radius 3 is 2.96 bits per heavy atom. The number of benzene rings is 1. The van der Waals surface area contributed by atoms with E-state index in [1.807, 2.05) is 47.1 Å². The Bertz CT molecular complexity index is 741. The Kier molecular flexibility index (Phi) is 5.38. The molecule has 0 radical (unpaired) electrons. The number of rotatable bonds is 6. The van der Waals surface area contributed by atoms with E-state index in [1.165, 1.54) is 5.56 Å². The molecular weight excluding hydrogens is 318 g/mol. The van der Waals surface area contributed by atoms with Gasteiger partial charge in [0.15, 0.2) is 0 Å². The molecule has 6 heteroatoms. The minimum atomic E-state index is 0.163. The van der Waals surface area contributed by atoms with Crippen LogP contribution in [0.3, 0.4) is 0 Å². The highest BCUT2D eigenvalue weighted by atomic mass is 16.5. The molecule has 0 saturated carbocycles. The van der Waals surface area contributed by atoms with Crippen LogP contribution in [0.25, 0.3) is 0 Å². The van der Waals surface area contributed by atoms with Gasteiger partial charge < -0.3 is 14.4 Å².